The van der Waals surface area contributed by atoms with Crippen LogP contribution in [0, 0.1) is 10.1 Å². The zero-order chi connectivity index (χ0) is 12.4. The van der Waals surface area contributed by atoms with E-state index in [0.717, 1.165) is 0 Å². The number of benzene rings is 1. The van der Waals surface area contributed by atoms with Crippen molar-refractivity contribution in [1.29, 1.82) is 0 Å². The van der Waals surface area contributed by atoms with Gasteiger partial charge in [-0.15, -0.1) is 0 Å². The molecule has 0 spiro atoms. The molecule has 0 amide bonds. The van der Waals surface area contributed by atoms with Gasteiger partial charge in [-0.2, -0.15) is 0 Å². The summed E-state index contributed by atoms with van der Waals surface area (Å²) in [6.07, 6.45) is -0.252. The van der Waals surface area contributed by atoms with E-state index in [4.69, 9.17) is 14.6 Å². The summed E-state index contributed by atoms with van der Waals surface area (Å²) in [5, 5.41) is 19.7. The summed E-state index contributed by atoms with van der Waals surface area (Å²) in [5.41, 5.74) is -0.903. The molecule has 0 aromatic heterocycles. The molecule has 1 heterocycles. The van der Waals surface area contributed by atoms with Crippen LogP contribution in [0.25, 0.3) is 0 Å². The van der Waals surface area contributed by atoms with Crippen molar-refractivity contribution in [1.82, 2.24) is 0 Å². The molecular weight excluding hydrogens is 230 g/mol. The second kappa shape index (κ2) is 4.38. The number of hydrogen-bond donors (Lipinski definition) is 1. The van der Waals surface area contributed by atoms with Crippen molar-refractivity contribution in [2.24, 2.45) is 0 Å². The molecule has 0 unspecified atom stereocenters. The Labute approximate surface area is 95.7 Å². The Hall–Kier alpha value is -2.15. The molecule has 0 bridgehead atoms. The van der Waals surface area contributed by atoms with Crippen LogP contribution in [0.5, 0.6) is 5.75 Å². The van der Waals surface area contributed by atoms with E-state index < -0.39 is 16.6 Å². The molecule has 0 saturated carbocycles. The van der Waals surface area contributed by atoms with Gasteiger partial charge >= 0.3 is 11.7 Å². The van der Waals surface area contributed by atoms with Gasteiger partial charge in [0, 0.05) is 0 Å². The van der Waals surface area contributed by atoms with Gasteiger partial charge in [-0.25, -0.2) is 4.79 Å². The van der Waals surface area contributed by atoms with Gasteiger partial charge in [-0.3, -0.25) is 10.1 Å². The number of para-hydroxylation sites is 1. The van der Waals surface area contributed by atoms with Crippen molar-refractivity contribution in [3.8, 4) is 5.75 Å². The first kappa shape index (κ1) is 11.3. The molecule has 7 heteroatoms. The number of carboxylic acids is 1. The Morgan fingerprint density at radius 1 is 1.53 bits per heavy atom. The molecule has 1 aliphatic heterocycles. The van der Waals surface area contributed by atoms with Crippen molar-refractivity contribution in [2.75, 3.05) is 13.2 Å². The van der Waals surface area contributed by atoms with Crippen LogP contribution in [0.3, 0.4) is 0 Å². The van der Waals surface area contributed by atoms with Crippen molar-refractivity contribution in [3.63, 3.8) is 0 Å². The van der Waals surface area contributed by atoms with Crippen LogP contribution in [-0.2, 0) is 4.74 Å². The van der Waals surface area contributed by atoms with Crippen molar-refractivity contribution in [2.45, 2.75) is 6.10 Å². The second-order valence-electron chi connectivity index (χ2n) is 3.49. The molecule has 1 aliphatic rings. The SMILES string of the molecule is O=C(O)c1cccc(OC2COC2)c1[N+](=O)[O-]. The number of rotatable bonds is 4. The maximum absolute atomic E-state index is 10.9. The van der Waals surface area contributed by atoms with Crippen LogP contribution in [0.4, 0.5) is 5.69 Å². The van der Waals surface area contributed by atoms with E-state index in [1.807, 2.05) is 0 Å². The Morgan fingerprint density at radius 2 is 2.24 bits per heavy atom. The molecule has 2 rings (SSSR count). The Morgan fingerprint density at radius 3 is 2.71 bits per heavy atom. The largest absolute Gasteiger partial charge is 0.479 e. The Bertz CT molecular complexity index is 468. The van der Waals surface area contributed by atoms with Crippen molar-refractivity contribution >= 4 is 11.7 Å². The minimum absolute atomic E-state index is 0.0387. The van der Waals surface area contributed by atoms with Crippen LogP contribution in [0.1, 0.15) is 10.4 Å². The van der Waals surface area contributed by atoms with E-state index in [1.54, 1.807) is 0 Å². The number of hydrogen-bond acceptors (Lipinski definition) is 5. The summed E-state index contributed by atoms with van der Waals surface area (Å²) in [7, 11) is 0. The van der Waals surface area contributed by atoms with E-state index in [-0.39, 0.29) is 17.4 Å². The topological polar surface area (TPSA) is 98.9 Å². The van der Waals surface area contributed by atoms with E-state index in [9.17, 15) is 14.9 Å². The third-order valence-electron chi connectivity index (χ3n) is 2.31. The monoisotopic (exact) mass is 239 g/mol. The summed E-state index contributed by atoms with van der Waals surface area (Å²) >= 11 is 0. The van der Waals surface area contributed by atoms with Crippen LogP contribution in [0.15, 0.2) is 18.2 Å². The summed E-state index contributed by atoms with van der Waals surface area (Å²) < 4.78 is 10.2. The number of nitro benzene ring substituents is 1. The second-order valence-corrected chi connectivity index (χ2v) is 3.49. The van der Waals surface area contributed by atoms with E-state index in [2.05, 4.69) is 0 Å². The molecule has 0 radical (unpaired) electrons. The molecule has 7 nitrogen and oxygen atoms in total. The van der Waals surface area contributed by atoms with Crippen molar-refractivity contribution < 1.29 is 24.3 Å². The van der Waals surface area contributed by atoms with E-state index in [0.29, 0.717) is 13.2 Å². The zero-order valence-electron chi connectivity index (χ0n) is 8.66. The number of carbonyl (C=O) groups is 1. The average molecular weight is 239 g/mol. The smallest absolute Gasteiger partial charge is 0.342 e. The lowest BCUT2D eigenvalue weighted by atomic mass is 10.1. The first-order chi connectivity index (χ1) is 8.09. The highest BCUT2D eigenvalue weighted by Gasteiger charge is 2.29. The molecule has 0 atom stereocenters. The van der Waals surface area contributed by atoms with Gasteiger partial charge in [-0.1, -0.05) is 6.07 Å². The lowest BCUT2D eigenvalue weighted by Gasteiger charge is -2.26. The summed E-state index contributed by atoms with van der Waals surface area (Å²) in [6.45, 7) is 0.711. The fraction of sp³-hybridized carbons (Fsp3) is 0.300. The van der Waals surface area contributed by atoms with Gasteiger partial charge in [0.2, 0.25) is 0 Å². The molecule has 1 fully saturated rings. The van der Waals surface area contributed by atoms with E-state index >= 15 is 0 Å². The molecule has 90 valence electrons. The van der Waals surface area contributed by atoms with Gasteiger partial charge in [0.15, 0.2) is 5.75 Å². The lowest BCUT2D eigenvalue weighted by molar-refractivity contribution is -0.386. The lowest BCUT2D eigenvalue weighted by Crippen LogP contribution is -2.38. The Kier molecular flexibility index (Phi) is 2.92. The van der Waals surface area contributed by atoms with Gasteiger partial charge in [-0.05, 0) is 12.1 Å². The van der Waals surface area contributed by atoms with Crippen molar-refractivity contribution in [3.05, 3.63) is 33.9 Å². The molecule has 1 saturated heterocycles. The van der Waals surface area contributed by atoms with Gasteiger partial charge in [0.05, 0.1) is 18.1 Å². The standard InChI is InChI=1S/C10H9NO6/c12-10(13)7-2-1-3-8(9(7)11(14)15)17-6-4-16-5-6/h1-3,6H,4-5H2,(H,12,13). The third kappa shape index (κ3) is 2.18. The van der Waals surface area contributed by atoms with Gasteiger partial charge < -0.3 is 14.6 Å². The predicted molar refractivity (Wildman–Crippen MR) is 55.3 cm³/mol. The first-order valence-electron chi connectivity index (χ1n) is 4.84. The number of carboxylic acid groups (broad SMARTS) is 1. The molecule has 1 aromatic carbocycles. The maximum atomic E-state index is 10.9. The third-order valence-corrected chi connectivity index (χ3v) is 2.31. The highest BCUT2D eigenvalue weighted by atomic mass is 16.6. The number of nitrogens with zero attached hydrogens (tertiary/aromatic N) is 1. The first-order valence-corrected chi connectivity index (χ1v) is 4.84. The highest BCUT2D eigenvalue weighted by molar-refractivity contribution is 5.93. The zero-order valence-corrected chi connectivity index (χ0v) is 8.66. The minimum atomic E-state index is -1.35. The summed E-state index contributed by atoms with van der Waals surface area (Å²) in [4.78, 5) is 21.0. The van der Waals surface area contributed by atoms with Crippen LogP contribution in [0.2, 0.25) is 0 Å². The number of nitro groups is 1. The molecule has 1 aromatic rings. The van der Waals surface area contributed by atoms with Gasteiger partial charge in [0.25, 0.3) is 0 Å². The fourth-order valence-corrected chi connectivity index (χ4v) is 1.44. The van der Waals surface area contributed by atoms with Crippen LogP contribution < -0.4 is 4.74 Å². The van der Waals surface area contributed by atoms with Gasteiger partial charge in [0.1, 0.15) is 11.7 Å². The highest BCUT2D eigenvalue weighted by Crippen LogP contribution is 2.32. The molecule has 0 aliphatic carbocycles. The maximum Gasteiger partial charge on any atom is 0.342 e. The van der Waals surface area contributed by atoms with Crippen LogP contribution in [-0.4, -0.2) is 35.3 Å². The normalized spacial score (nSPS) is 15.1. The number of aromatic carboxylic acids is 1. The summed E-state index contributed by atoms with van der Waals surface area (Å²) in [6, 6.07) is 3.96. The number of ether oxygens (including phenoxy) is 2. The van der Waals surface area contributed by atoms with E-state index in [1.165, 1.54) is 18.2 Å². The molecular formula is C10H9NO6. The molecule has 1 N–H and O–H groups in total. The fourth-order valence-electron chi connectivity index (χ4n) is 1.44. The molecule has 17 heavy (non-hydrogen) atoms. The average Bonchev–Trinajstić information content (AvgIpc) is 2.22. The predicted octanol–water partition coefficient (Wildman–Crippen LogP) is 1.07. The minimum Gasteiger partial charge on any atom is -0.479 e. The van der Waals surface area contributed by atoms with Crippen LogP contribution >= 0.6 is 0 Å². The quantitative estimate of drug-likeness (QED) is 0.623. The summed E-state index contributed by atoms with van der Waals surface area (Å²) in [5.74, 6) is -1.39. The Balaban J connectivity index is 2.38.